The van der Waals surface area contributed by atoms with Crippen molar-refractivity contribution in [3.8, 4) is 0 Å². The van der Waals surface area contributed by atoms with Gasteiger partial charge in [0.15, 0.2) is 0 Å². The van der Waals surface area contributed by atoms with Gasteiger partial charge in [-0.15, -0.1) is 0 Å². The van der Waals surface area contributed by atoms with Crippen molar-refractivity contribution >= 4 is 11.8 Å². The molecule has 0 radical (unpaired) electrons. The summed E-state index contributed by atoms with van der Waals surface area (Å²) in [5, 5.41) is 0. The highest BCUT2D eigenvalue weighted by Crippen LogP contribution is 2.11. The van der Waals surface area contributed by atoms with Crippen LogP contribution in [0.3, 0.4) is 0 Å². The number of aromatic nitrogens is 1. The average molecular weight is 239 g/mol. The first-order valence-electron chi connectivity index (χ1n) is 5.51. The van der Waals surface area contributed by atoms with Gasteiger partial charge in [-0.3, -0.25) is 9.88 Å². The zero-order valence-corrected chi connectivity index (χ0v) is 11.1. The summed E-state index contributed by atoms with van der Waals surface area (Å²) in [6, 6.07) is 4.65. The Kier molecular flexibility index (Phi) is 5.80. The summed E-state index contributed by atoms with van der Waals surface area (Å²) in [5.41, 5.74) is 7.92. The summed E-state index contributed by atoms with van der Waals surface area (Å²) in [7, 11) is 2.15. The van der Waals surface area contributed by atoms with Crippen molar-refractivity contribution in [2.24, 2.45) is 5.73 Å². The van der Waals surface area contributed by atoms with E-state index in [0.29, 0.717) is 12.6 Å². The molecule has 0 aromatic carbocycles. The van der Waals surface area contributed by atoms with Gasteiger partial charge in [0, 0.05) is 31.1 Å². The number of thioether (sulfide) groups is 1. The third kappa shape index (κ3) is 3.77. The summed E-state index contributed by atoms with van der Waals surface area (Å²) in [4.78, 5) is 6.64. The number of nitrogens with zero attached hydrogens (tertiary/aromatic N) is 2. The summed E-state index contributed by atoms with van der Waals surface area (Å²) in [6.07, 6.45) is 3.94. The van der Waals surface area contributed by atoms with Crippen molar-refractivity contribution in [2.75, 3.05) is 19.1 Å². The predicted molar refractivity (Wildman–Crippen MR) is 71.4 cm³/mol. The summed E-state index contributed by atoms with van der Waals surface area (Å²) >= 11 is 1.88. The Balaban J connectivity index is 2.64. The Bertz CT molecular complexity index is 317. The smallest absolute Gasteiger partial charge is 0.0584 e. The molecule has 0 spiro atoms. The lowest BCUT2D eigenvalue weighted by Gasteiger charge is -2.24. The van der Waals surface area contributed by atoms with E-state index in [2.05, 4.69) is 36.2 Å². The SMILES string of the molecule is CSCC(C)N(C)Cc1cccnc1CN. The quantitative estimate of drug-likeness (QED) is 0.821. The minimum Gasteiger partial charge on any atom is -0.325 e. The molecule has 1 heterocycles. The number of hydrogen-bond donors (Lipinski definition) is 1. The van der Waals surface area contributed by atoms with E-state index < -0.39 is 0 Å². The molecule has 90 valence electrons. The first-order chi connectivity index (χ1) is 7.69. The minimum atomic E-state index is 0.515. The first-order valence-corrected chi connectivity index (χ1v) is 6.90. The topological polar surface area (TPSA) is 42.2 Å². The van der Waals surface area contributed by atoms with Crippen LogP contribution in [0.25, 0.3) is 0 Å². The van der Waals surface area contributed by atoms with Gasteiger partial charge in [0.1, 0.15) is 0 Å². The maximum absolute atomic E-state index is 5.68. The van der Waals surface area contributed by atoms with Gasteiger partial charge in [-0.2, -0.15) is 11.8 Å². The highest BCUT2D eigenvalue weighted by atomic mass is 32.2. The van der Waals surface area contributed by atoms with Crippen molar-refractivity contribution < 1.29 is 0 Å². The van der Waals surface area contributed by atoms with Gasteiger partial charge >= 0.3 is 0 Å². The third-order valence-electron chi connectivity index (χ3n) is 2.76. The molecule has 0 amide bonds. The number of rotatable bonds is 6. The maximum atomic E-state index is 5.68. The Morgan fingerprint density at radius 2 is 2.31 bits per heavy atom. The normalized spacial score (nSPS) is 13.1. The van der Waals surface area contributed by atoms with Crippen molar-refractivity contribution in [2.45, 2.75) is 26.1 Å². The molecule has 0 saturated heterocycles. The second-order valence-electron chi connectivity index (χ2n) is 4.03. The van der Waals surface area contributed by atoms with E-state index in [1.165, 1.54) is 5.56 Å². The molecule has 4 heteroatoms. The van der Waals surface area contributed by atoms with Crippen LogP contribution in [0.4, 0.5) is 0 Å². The van der Waals surface area contributed by atoms with Crippen LogP contribution in [0.5, 0.6) is 0 Å². The van der Waals surface area contributed by atoms with Gasteiger partial charge in [0.25, 0.3) is 0 Å². The second kappa shape index (κ2) is 6.89. The average Bonchev–Trinajstić information content (AvgIpc) is 2.30. The zero-order chi connectivity index (χ0) is 12.0. The van der Waals surface area contributed by atoms with E-state index in [1.54, 1.807) is 6.20 Å². The molecule has 1 unspecified atom stereocenters. The third-order valence-corrected chi connectivity index (χ3v) is 3.57. The molecule has 1 aromatic rings. The van der Waals surface area contributed by atoms with Crippen molar-refractivity contribution in [1.82, 2.24) is 9.88 Å². The molecule has 0 aliphatic heterocycles. The van der Waals surface area contributed by atoms with E-state index in [1.807, 2.05) is 17.8 Å². The van der Waals surface area contributed by atoms with Gasteiger partial charge in [-0.25, -0.2) is 0 Å². The van der Waals surface area contributed by atoms with Crippen LogP contribution < -0.4 is 5.73 Å². The van der Waals surface area contributed by atoms with E-state index >= 15 is 0 Å². The minimum absolute atomic E-state index is 0.515. The van der Waals surface area contributed by atoms with Crippen LogP contribution >= 0.6 is 11.8 Å². The second-order valence-corrected chi connectivity index (χ2v) is 4.94. The molecule has 3 nitrogen and oxygen atoms in total. The van der Waals surface area contributed by atoms with Gasteiger partial charge in [-0.1, -0.05) is 6.07 Å². The van der Waals surface area contributed by atoms with Crippen LogP contribution in [0.15, 0.2) is 18.3 Å². The molecule has 2 N–H and O–H groups in total. The lowest BCUT2D eigenvalue weighted by Crippen LogP contribution is -2.31. The lowest BCUT2D eigenvalue weighted by atomic mass is 10.1. The van der Waals surface area contributed by atoms with Gasteiger partial charge in [-0.05, 0) is 31.9 Å². The summed E-state index contributed by atoms with van der Waals surface area (Å²) in [6.45, 7) is 3.68. The first kappa shape index (κ1) is 13.5. The number of pyridine rings is 1. The van der Waals surface area contributed by atoms with Gasteiger partial charge in [0.05, 0.1) is 5.69 Å². The van der Waals surface area contributed by atoms with Crippen LogP contribution in [0.1, 0.15) is 18.2 Å². The Hall–Kier alpha value is -0.580. The maximum Gasteiger partial charge on any atom is 0.0584 e. The fraction of sp³-hybridized carbons (Fsp3) is 0.583. The fourth-order valence-corrected chi connectivity index (χ4v) is 2.33. The van der Waals surface area contributed by atoms with Crippen molar-refractivity contribution in [1.29, 1.82) is 0 Å². The van der Waals surface area contributed by atoms with Crippen LogP contribution in [0.2, 0.25) is 0 Å². The van der Waals surface area contributed by atoms with Crippen molar-refractivity contribution in [3.63, 3.8) is 0 Å². The highest BCUT2D eigenvalue weighted by molar-refractivity contribution is 7.98. The summed E-state index contributed by atoms with van der Waals surface area (Å²) < 4.78 is 0. The van der Waals surface area contributed by atoms with Crippen molar-refractivity contribution in [3.05, 3.63) is 29.6 Å². The predicted octanol–water partition coefficient (Wildman–Crippen LogP) is 1.72. The highest BCUT2D eigenvalue weighted by Gasteiger charge is 2.10. The van der Waals surface area contributed by atoms with Crippen LogP contribution in [0, 0.1) is 0 Å². The van der Waals surface area contributed by atoms with Crippen LogP contribution in [-0.4, -0.2) is 35.0 Å². The largest absolute Gasteiger partial charge is 0.325 e. The molecule has 1 rings (SSSR count). The molecule has 0 aliphatic carbocycles. The van der Waals surface area contributed by atoms with E-state index in [0.717, 1.165) is 18.0 Å². The molecule has 0 fully saturated rings. The Morgan fingerprint density at radius 3 is 2.94 bits per heavy atom. The molecule has 16 heavy (non-hydrogen) atoms. The Labute approximate surface area is 102 Å². The molecular weight excluding hydrogens is 218 g/mol. The monoisotopic (exact) mass is 239 g/mol. The molecule has 1 atom stereocenters. The van der Waals surface area contributed by atoms with E-state index in [4.69, 9.17) is 5.73 Å². The summed E-state index contributed by atoms with van der Waals surface area (Å²) in [5.74, 6) is 1.15. The zero-order valence-electron chi connectivity index (χ0n) is 10.3. The van der Waals surface area contributed by atoms with E-state index in [9.17, 15) is 0 Å². The lowest BCUT2D eigenvalue weighted by molar-refractivity contribution is 0.268. The van der Waals surface area contributed by atoms with Gasteiger partial charge < -0.3 is 5.73 Å². The molecular formula is C12H21N3S. The van der Waals surface area contributed by atoms with E-state index in [-0.39, 0.29) is 0 Å². The van der Waals surface area contributed by atoms with Crippen LogP contribution in [-0.2, 0) is 13.1 Å². The fourth-order valence-electron chi connectivity index (χ4n) is 1.59. The van der Waals surface area contributed by atoms with Gasteiger partial charge in [0.2, 0.25) is 0 Å². The number of hydrogen-bond acceptors (Lipinski definition) is 4. The molecule has 0 bridgehead atoms. The molecule has 0 saturated carbocycles. The molecule has 0 aliphatic rings. The molecule has 1 aromatic heterocycles. The Morgan fingerprint density at radius 1 is 1.56 bits per heavy atom. The number of nitrogens with two attached hydrogens (primary N) is 1. The standard InChI is InChI=1S/C12H21N3S/c1-10(9-16-3)15(2)8-11-5-4-6-14-12(11)7-13/h4-6,10H,7-9,13H2,1-3H3.